The number of hydrogen-bond acceptors (Lipinski definition) is 2. The van der Waals surface area contributed by atoms with Crippen molar-refractivity contribution in [2.45, 2.75) is 17.5 Å². The minimum absolute atomic E-state index is 0.215. The Morgan fingerprint density at radius 1 is 0.952 bits per heavy atom. The summed E-state index contributed by atoms with van der Waals surface area (Å²) in [6.45, 7) is 0.566. The molecule has 3 nitrogen and oxygen atoms in total. The predicted octanol–water partition coefficient (Wildman–Crippen LogP) is 3.34. The molecule has 21 heavy (non-hydrogen) atoms. The summed E-state index contributed by atoms with van der Waals surface area (Å²) in [5.41, 5.74) is 1.66. The van der Waals surface area contributed by atoms with Gasteiger partial charge in [-0.05, 0) is 17.7 Å². The maximum Gasteiger partial charge on any atom is 0.252 e. The molecule has 0 saturated heterocycles. The number of alkyl halides is 2. The minimum Gasteiger partial charge on any atom is -0.334 e. The first-order valence-electron chi connectivity index (χ1n) is 6.58. The molecule has 1 atom stereocenters. The van der Waals surface area contributed by atoms with Crippen molar-refractivity contribution in [2.75, 3.05) is 0 Å². The number of benzene rings is 2. The van der Waals surface area contributed by atoms with E-state index in [1.807, 2.05) is 36.4 Å². The van der Waals surface area contributed by atoms with Crippen molar-refractivity contribution in [2.24, 2.45) is 0 Å². The summed E-state index contributed by atoms with van der Waals surface area (Å²) >= 11 is 11.9. The lowest BCUT2D eigenvalue weighted by molar-refractivity contribution is 0.0931. The van der Waals surface area contributed by atoms with E-state index < -0.39 is 11.0 Å². The Hall–Kier alpha value is -1.55. The molecule has 2 aromatic carbocycles. The van der Waals surface area contributed by atoms with Crippen molar-refractivity contribution in [3.05, 3.63) is 71.8 Å². The average Bonchev–Trinajstić information content (AvgIpc) is 2.52. The van der Waals surface area contributed by atoms with E-state index in [0.29, 0.717) is 12.1 Å². The molecular formula is C16H16Cl2N2O. The largest absolute Gasteiger partial charge is 0.334 e. The Labute approximate surface area is 134 Å². The van der Waals surface area contributed by atoms with Gasteiger partial charge in [0.1, 0.15) is 11.0 Å². The Kier molecular flexibility index (Phi) is 6.05. The number of rotatable bonds is 6. The van der Waals surface area contributed by atoms with E-state index in [4.69, 9.17) is 23.2 Å². The summed E-state index contributed by atoms with van der Waals surface area (Å²) in [7, 11) is 0. The molecule has 0 aliphatic rings. The van der Waals surface area contributed by atoms with Crippen LogP contribution in [0.1, 0.15) is 15.9 Å². The minimum atomic E-state index is -0.749. The summed E-state index contributed by atoms with van der Waals surface area (Å²) in [6.07, 6.45) is -0.527. The van der Waals surface area contributed by atoms with Gasteiger partial charge in [-0.3, -0.25) is 10.1 Å². The molecule has 0 saturated carbocycles. The second kappa shape index (κ2) is 8.03. The first kappa shape index (κ1) is 15.8. The summed E-state index contributed by atoms with van der Waals surface area (Å²) in [4.78, 5) is 11.4. The summed E-state index contributed by atoms with van der Waals surface area (Å²) in [5.74, 6) is -0.215. The van der Waals surface area contributed by atoms with Crippen molar-refractivity contribution in [1.29, 1.82) is 0 Å². The molecule has 0 aromatic heterocycles. The molecule has 2 rings (SSSR count). The second-order valence-electron chi connectivity index (χ2n) is 4.52. The van der Waals surface area contributed by atoms with E-state index in [-0.39, 0.29) is 5.91 Å². The van der Waals surface area contributed by atoms with Gasteiger partial charge in [0.25, 0.3) is 5.91 Å². The molecule has 5 heteroatoms. The fourth-order valence-corrected chi connectivity index (χ4v) is 2.15. The van der Waals surface area contributed by atoms with E-state index in [2.05, 4.69) is 10.6 Å². The van der Waals surface area contributed by atoms with Crippen molar-refractivity contribution >= 4 is 29.1 Å². The molecule has 2 N–H and O–H groups in total. The zero-order chi connectivity index (χ0) is 15.1. The molecule has 0 heterocycles. The van der Waals surface area contributed by atoms with Gasteiger partial charge in [0.15, 0.2) is 0 Å². The van der Waals surface area contributed by atoms with Crippen LogP contribution in [0, 0.1) is 0 Å². The lowest BCUT2D eigenvalue weighted by Crippen LogP contribution is -2.49. The fourth-order valence-electron chi connectivity index (χ4n) is 1.84. The topological polar surface area (TPSA) is 41.1 Å². The van der Waals surface area contributed by atoms with Gasteiger partial charge in [0.2, 0.25) is 0 Å². The van der Waals surface area contributed by atoms with E-state index in [0.717, 1.165) is 5.56 Å². The molecule has 1 unspecified atom stereocenters. The van der Waals surface area contributed by atoms with Gasteiger partial charge in [0.05, 0.1) is 0 Å². The molecule has 0 bridgehead atoms. The van der Waals surface area contributed by atoms with Crippen LogP contribution in [-0.4, -0.2) is 16.9 Å². The molecule has 0 fully saturated rings. The van der Waals surface area contributed by atoms with Crippen LogP contribution in [0.5, 0.6) is 0 Å². The van der Waals surface area contributed by atoms with E-state index in [1.54, 1.807) is 24.3 Å². The van der Waals surface area contributed by atoms with Crippen LogP contribution in [0.2, 0.25) is 0 Å². The third-order valence-electron chi connectivity index (χ3n) is 2.94. The van der Waals surface area contributed by atoms with E-state index >= 15 is 0 Å². The molecule has 2 aromatic rings. The van der Waals surface area contributed by atoms with Gasteiger partial charge < -0.3 is 5.32 Å². The SMILES string of the molecule is O=C(NC(NCc1ccccc1)C(Cl)Cl)c1ccccc1. The Morgan fingerprint density at radius 2 is 1.52 bits per heavy atom. The molecule has 110 valence electrons. The summed E-state index contributed by atoms with van der Waals surface area (Å²) < 4.78 is 0. The molecule has 1 amide bonds. The van der Waals surface area contributed by atoms with Crippen LogP contribution in [-0.2, 0) is 6.54 Å². The van der Waals surface area contributed by atoms with Crippen LogP contribution in [0.4, 0.5) is 0 Å². The number of nitrogens with one attached hydrogen (secondary N) is 2. The lowest BCUT2D eigenvalue weighted by atomic mass is 10.2. The highest BCUT2D eigenvalue weighted by Crippen LogP contribution is 2.09. The van der Waals surface area contributed by atoms with Crippen LogP contribution < -0.4 is 10.6 Å². The van der Waals surface area contributed by atoms with E-state index in [9.17, 15) is 4.79 Å². The van der Waals surface area contributed by atoms with Crippen molar-refractivity contribution < 1.29 is 4.79 Å². The molecule has 0 spiro atoms. The Morgan fingerprint density at radius 3 is 2.10 bits per heavy atom. The van der Waals surface area contributed by atoms with Crippen molar-refractivity contribution in [3.63, 3.8) is 0 Å². The van der Waals surface area contributed by atoms with Crippen LogP contribution in [0.15, 0.2) is 60.7 Å². The van der Waals surface area contributed by atoms with Gasteiger partial charge in [-0.1, -0.05) is 48.5 Å². The van der Waals surface area contributed by atoms with Crippen molar-refractivity contribution in [3.8, 4) is 0 Å². The van der Waals surface area contributed by atoms with Gasteiger partial charge in [-0.15, -0.1) is 23.2 Å². The van der Waals surface area contributed by atoms with Crippen LogP contribution >= 0.6 is 23.2 Å². The highest BCUT2D eigenvalue weighted by molar-refractivity contribution is 6.44. The standard InChI is InChI=1S/C16H16Cl2N2O/c17-14(18)15(19-11-12-7-3-1-4-8-12)20-16(21)13-9-5-2-6-10-13/h1-10,14-15,19H,11H2,(H,20,21). The Balaban J connectivity index is 1.95. The second-order valence-corrected chi connectivity index (χ2v) is 5.68. The number of carbonyl (C=O) groups is 1. The zero-order valence-corrected chi connectivity index (χ0v) is 12.8. The lowest BCUT2D eigenvalue weighted by Gasteiger charge is -2.21. The summed E-state index contributed by atoms with van der Waals surface area (Å²) in [5, 5.41) is 5.93. The predicted molar refractivity (Wildman–Crippen MR) is 86.5 cm³/mol. The molecule has 0 radical (unpaired) electrons. The number of amides is 1. The highest BCUT2D eigenvalue weighted by atomic mass is 35.5. The molecule has 0 aliphatic heterocycles. The van der Waals surface area contributed by atoms with Gasteiger partial charge >= 0.3 is 0 Å². The normalized spacial score (nSPS) is 12.1. The highest BCUT2D eigenvalue weighted by Gasteiger charge is 2.19. The quantitative estimate of drug-likeness (QED) is 0.632. The number of hydrogen-bond donors (Lipinski definition) is 2. The maximum absolute atomic E-state index is 12.1. The molecular weight excluding hydrogens is 307 g/mol. The monoisotopic (exact) mass is 322 g/mol. The van der Waals surface area contributed by atoms with Gasteiger partial charge in [0, 0.05) is 12.1 Å². The third-order valence-corrected chi connectivity index (χ3v) is 3.45. The number of carbonyl (C=O) groups excluding carboxylic acids is 1. The van der Waals surface area contributed by atoms with Gasteiger partial charge in [-0.25, -0.2) is 0 Å². The third kappa shape index (κ3) is 5.05. The first-order chi connectivity index (χ1) is 10.2. The van der Waals surface area contributed by atoms with Crippen LogP contribution in [0.3, 0.4) is 0 Å². The maximum atomic E-state index is 12.1. The van der Waals surface area contributed by atoms with Gasteiger partial charge in [-0.2, -0.15) is 0 Å². The van der Waals surface area contributed by atoms with Crippen molar-refractivity contribution in [1.82, 2.24) is 10.6 Å². The fraction of sp³-hybridized carbons (Fsp3) is 0.188. The Bertz CT molecular complexity index is 561. The zero-order valence-electron chi connectivity index (χ0n) is 11.3. The number of halogens is 2. The summed E-state index contributed by atoms with van der Waals surface area (Å²) in [6, 6.07) is 18.8. The smallest absolute Gasteiger partial charge is 0.252 e. The average molecular weight is 323 g/mol. The van der Waals surface area contributed by atoms with Crippen LogP contribution in [0.25, 0.3) is 0 Å². The van der Waals surface area contributed by atoms with E-state index in [1.165, 1.54) is 0 Å². The first-order valence-corrected chi connectivity index (χ1v) is 7.45. The molecule has 0 aliphatic carbocycles.